The molecule has 5 heteroatoms. The molecule has 2 aromatic carbocycles. The fourth-order valence-electron chi connectivity index (χ4n) is 3.03. The normalized spacial score (nSPS) is 11.6. The first kappa shape index (κ1) is 19.4. The maximum atomic E-state index is 13.1. The zero-order chi connectivity index (χ0) is 19.9. The molecule has 0 aliphatic carbocycles. The van der Waals surface area contributed by atoms with Crippen LogP contribution < -0.4 is 5.32 Å². The van der Waals surface area contributed by atoms with E-state index in [1.165, 1.54) is 0 Å². The number of aryl methyl sites for hydroxylation is 1. The molecule has 0 spiro atoms. The van der Waals surface area contributed by atoms with Gasteiger partial charge in [-0.1, -0.05) is 48.5 Å². The van der Waals surface area contributed by atoms with E-state index >= 15 is 0 Å². The van der Waals surface area contributed by atoms with E-state index in [4.69, 9.17) is 4.42 Å². The molecule has 5 nitrogen and oxygen atoms in total. The Balaban J connectivity index is 1.76. The minimum Gasteiger partial charge on any atom is -0.464 e. The van der Waals surface area contributed by atoms with E-state index in [-0.39, 0.29) is 11.8 Å². The van der Waals surface area contributed by atoms with E-state index in [1.807, 2.05) is 55.5 Å². The Labute approximate surface area is 165 Å². The van der Waals surface area contributed by atoms with Crippen molar-refractivity contribution in [1.82, 2.24) is 10.2 Å². The van der Waals surface area contributed by atoms with Crippen LogP contribution in [0.3, 0.4) is 0 Å². The second kappa shape index (κ2) is 9.04. The maximum absolute atomic E-state index is 13.1. The number of benzene rings is 2. The van der Waals surface area contributed by atoms with Crippen LogP contribution in [0.2, 0.25) is 0 Å². The number of rotatable bonds is 7. The predicted octanol–water partition coefficient (Wildman–Crippen LogP) is 3.59. The lowest BCUT2D eigenvalue weighted by atomic mass is 10.0. The molecule has 1 aromatic heterocycles. The van der Waals surface area contributed by atoms with Crippen molar-refractivity contribution in [2.75, 3.05) is 7.05 Å². The van der Waals surface area contributed by atoms with Crippen molar-refractivity contribution in [2.45, 2.75) is 25.9 Å². The third-order valence-corrected chi connectivity index (χ3v) is 4.49. The minimum absolute atomic E-state index is 0.165. The van der Waals surface area contributed by atoms with Crippen LogP contribution >= 0.6 is 0 Å². The van der Waals surface area contributed by atoms with Crippen LogP contribution in [0, 0.1) is 6.92 Å². The quantitative estimate of drug-likeness (QED) is 0.685. The smallest absolute Gasteiger partial charge is 0.251 e. The van der Waals surface area contributed by atoms with Crippen molar-refractivity contribution in [3.63, 3.8) is 0 Å². The Morgan fingerprint density at radius 2 is 1.61 bits per heavy atom. The third kappa shape index (κ3) is 5.10. The largest absolute Gasteiger partial charge is 0.464 e. The van der Waals surface area contributed by atoms with Gasteiger partial charge in [-0.25, -0.2) is 0 Å². The Kier molecular flexibility index (Phi) is 6.27. The molecule has 3 rings (SSSR count). The van der Waals surface area contributed by atoms with E-state index in [0.29, 0.717) is 24.3 Å². The van der Waals surface area contributed by atoms with E-state index in [2.05, 4.69) is 5.32 Å². The Morgan fingerprint density at radius 1 is 0.964 bits per heavy atom. The molecule has 0 saturated carbocycles. The van der Waals surface area contributed by atoms with Crippen LogP contribution in [0.15, 0.2) is 77.2 Å². The fraction of sp³-hybridized carbons (Fsp3) is 0.217. The highest BCUT2D eigenvalue weighted by molar-refractivity contribution is 5.97. The van der Waals surface area contributed by atoms with Crippen LogP contribution in [-0.4, -0.2) is 29.8 Å². The Morgan fingerprint density at radius 3 is 2.21 bits per heavy atom. The number of carbonyl (C=O) groups excluding carboxylic acids is 2. The van der Waals surface area contributed by atoms with Gasteiger partial charge in [0, 0.05) is 19.0 Å². The summed E-state index contributed by atoms with van der Waals surface area (Å²) in [4.78, 5) is 27.3. The molecule has 28 heavy (non-hydrogen) atoms. The second-order valence-corrected chi connectivity index (χ2v) is 6.79. The SMILES string of the molecule is Cc1ccc(CN(C)C(=O)[C@@H](Cc2ccccc2)NC(=O)c2ccccc2)o1. The van der Waals surface area contributed by atoms with Gasteiger partial charge in [0.25, 0.3) is 5.91 Å². The molecule has 144 valence electrons. The molecule has 0 fully saturated rings. The van der Waals surface area contributed by atoms with Crippen molar-refractivity contribution in [2.24, 2.45) is 0 Å². The molecular weight excluding hydrogens is 352 g/mol. The van der Waals surface area contributed by atoms with Gasteiger partial charge in [0.05, 0.1) is 6.54 Å². The van der Waals surface area contributed by atoms with Crippen molar-refractivity contribution < 1.29 is 14.0 Å². The number of carbonyl (C=O) groups is 2. The highest BCUT2D eigenvalue weighted by atomic mass is 16.3. The highest BCUT2D eigenvalue weighted by Gasteiger charge is 2.25. The first-order valence-electron chi connectivity index (χ1n) is 9.23. The molecular formula is C23H24N2O3. The topological polar surface area (TPSA) is 62.6 Å². The predicted molar refractivity (Wildman–Crippen MR) is 108 cm³/mol. The number of nitrogens with zero attached hydrogens (tertiary/aromatic N) is 1. The molecule has 0 aliphatic rings. The molecule has 0 saturated heterocycles. The summed E-state index contributed by atoms with van der Waals surface area (Å²) >= 11 is 0. The van der Waals surface area contributed by atoms with E-state index in [9.17, 15) is 9.59 Å². The maximum Gasteiger partial charge on any atom is 0.251 e. The van der Waals surface area contributed by atoms with Crippen molar-refractivity contribution in [3.05, 3.63) is 95.4 Å². The van der Waals surface area contributed by atoms with Crippen molar-refractivity contribution in [3.8, 4) is 0 Å². The molecule has 0 unspecified atom stereocenters. The average molecular weight is 376 g/mol. The first-order valence-corrected chi connectivity index (χ1v) is 9.23. The molecule has 3 aromatic rings. The van der Waals surface area contributed by atoms with Gasteiger partial charge in [-0.3, -0.25) is 9.59 Å². The van der Waals surface area contributed by atoms with Crippen LogP contribution in [0.5, 0.6) is 0 Å². The lowest BCUT2D eigenvalue weighted by Gasteiger charge is -2.24. The van der Waals surface area contributed by atoms with Crippen molar-refractivity contribution in [1.29, 1.82) is 0 Å². The molecule has 1 heterocycles. The number of amides is 2. The molecule has 2 amide bonds. The van der Waals surface area contributed by atoms with E-state index in [0.717, 1.165) is 11.3 Å². The lowest BCUT2D eigenvalue weighted by Crippen LogP contribution is -2.48. The number of nitrogens with one attached hydrogen (secondary N) is 1. The third-order valence-electron chi connectivity index (χ3n) is 4.49. The molecule has 1 N–H and O–H groups in total. The summed E-state index contributed by atoms with van der Waals surface area (Å²) in [5.74, 6) is 1.08. The summed E-state index contributed by atoms with van der Waals surface area (Å²) in [7, 11) is 1.72. The molecule has 0 radical (unpaired) electrons. The van der Waals surface area contributed by atoms with Gasteiger partial charge >= 0.3 is 0 Å². The van der Waals surface area contributed by atoms with Crippen molar-refractivity contribution >= 4 is 11.8 Å². The Hall–Kier alpha value is -3.34. The van der Waals surface area contributed by atoms with Gasteiger partial charge < -0.3 is 14.6 Å². The zero-order valence-corrected chi connectivity index (χ0v) is 16.1. The summed E-state index contributed by atoms with van der Waals surface area (Å²) in [5.41, 5.74) is 1.51. The number of hydrogen-bond donors (Lipinski definition) is 1. The number of likely N-dealkylation sites (N-methyl/N-ethyl adjacent to an activating group) is 1. The number of furan rings is 1. The van der Waals surface area contributed by atoms with Crippen LogP contribution in [0.1, 0.15) is 27.4 Å². The minimum atomic E-state index is -0.670. The van der Waals surface area contributed by atoms with Crippen LogP contribution in [0.25, 0.3) is 0 Å². The highest BCUT2D eigenvalue weighted by Crippen LogP contribution is 2.12. The fourth-order valence-corrected chi connectivity index (χ4v) is 3.03. The van der Waals surface area contributed by atoms with Gasteiger partial charge in [-0.05, 0) is 36.8 Å². The zero-order valence-electron chi connectivity index (χ0n) is 16.1. The molecule has 1 atom stereocenters. The van der Waals surface area contributed by atoms with E-state index < -0.39 is 6.04 Å². The van der Waals surface area contributed by atoms with Gasteiger partial charge in [0.1, 0.15) is 17.6 Å². The monoisotopic (exact) mass is 376 g/mol. The Bertz CT molecular complexity index is 919. The first-order chi connectivity index (χ1) is 13.5. The summed E-state index contributed by atoms with van der Waals surface area (Å²) in [6.45, 7) is 2.21. The number of hydrogen-bond acceptors (Lipinski definition) is 3. The summed E-state index contributed by atoms with van der Waals surface area (Å²) < 4.78 is 5.57. The lowest BCUT2D eigenvalue weighted by molar-refractivity contribution is -0.132. The van der Waals surface area contributed by atoms with Gasteiger partial charge in [-0.2, -0.15) is 0 Å². The average Bonchev–Trinajstić information content (AvgIpc) is 3.12. The summed E-state index contributed by atoms with van der Waals surface area (Å²) in [5, 5.41) is 2.89. The van der Waals surface area contributed by atoms with Gasteiger partial charge in [0.2, 0.25) is 5.91 Å². The van der Waals surface area contributed by atoms with Crippen LogP contribution in [-0.2, 0) is 17.8 Å². The summed E-state index contributed by atoms with van der Waals surface area (Å²) in [6.07, 6.45) is 0.416. The standard InChI is InChI=1S/C23H24N2O3/c1-17-13-14-20(28-17)16-25(2)23(27)21(15-18-9-5-3-6-10-18)24-22(26)19-11-7-4-8-12-19/h3-14,21H,15-16H2,1-2H3,(H,24,26)/t21-/m1/s1. The summed E-state index contributed by atoms with van der Waals surface area (Å²) in [6, 6.07) is 21.6. The van der Waals surface area contributed by atoms with Gasteiger partial charge in [0.15, 0.2) is 0 Å². The van der Waals surface area contributed by atoms with Crippen LogP contribution in [0.4, 0.5) is 0 Å². The molecule has 0 bridgehead atoms. The molecule has 0 aliphatic heterocycles. The van der Waals surface area contributed by atoms with Gasteiger partial charge in [-0.15, -0.1) is 0 Å². The second-order valence-electron chi connectivity index (χ2n) is 6.79. The van der Waals surface area contributed by atoms with E-state index in [1.54, 1.807) is 36.2 Å².